The van der Waals surface area contributed by atoms with Crippen LogP contribution < -0.4 is 0 Å². The van der Waals surface area contributed by atoms with Gasteiger partial charge in [0.2, 0.25) is 0 Å². The molecule has 0 unspecified atom stereocenters. The zero-order chi connectivity index (χ0) is 15.9. The number of aryl methyl sites for hydroxylation is 2. The van der Waals surface area contributed by atoms with Gasteiger partial charge in [0.05, 0.1) is 12.2 Å². The Kier molecular flexibility index (Phi) is 4.03. The fourth-order valence-electron chi connectivity index (χ4n) is 4.05. The van der Waals surface area contributed by atoms with E-state index in [4.69, 9.17) is 4.74 Å². The highest BCUT2D eigenvalue weighted by Gasteiger charge is 2.56. The predicted molar refractivity (Wildman–Crippen MR) is 83.9 cm³/mol. The first-order valence-corrected chi connectivity index (χ1v) is 8.23. The summed E-state index contributed by atoms with van der Waals surface area (Å²) in [6, 6.07) is 2.00. The molecule has 5 heteroatoms. The molecule has 1 aromatic rings. The number of hydrogen-bond donors (Lipinski definition) is 2. The molecule has 1 saturated carbocycles. The molecule has 1 amide bonds. The Morgan fingerprint density at radius 2 is 2.14 bits per heavy atom. The first-order chi connectivity index (χ1) is 10.5. The highest BCUT2D eigenvalue weighted by Crippen LogP contribution is 2.51. The van der Waals surface area contributed by atoms with Crippen molar-refractivity contribution in [3.63, 3.8) is 0 Å². The van der Waals surface area contributed by atoms with Gasteiger partial charge in [-0.3, -0.25) is 4.79 Å². The maximum Gasteiger partial charge on any atom is 0.270 e. The van der Waals surface area contributed by atoms with Gasteiger partial charge in [0, 0.05) is 37.2 Å². The van der Waals surface area contributed by atoms with Crippen LogP contribution in [0.2, 0.25) is 0 Å². The molecule has 2 fully saturated rings. The van der Waals surface area contributed by atoms with Crippen LogP contribution >= 0.6 is 0 Å². The summed E-state index contributed by atoms with van der Waals surface area (Å²) in [5, 5.41) is 10.2. The van der Waals surface area contributed by atoms with Crippen molar-refractivity contribution in [3.05, 3.63) is 23.0 Å². The quantitative estimate of drug-likeness (QED) is 0.898. The van der Waals surface area contributed by atoms with Crippen molar-refractivity contribution in [2.75, 3.05) is 19.7 Å². The van der Waals surface area contributed by atoms with Crippen molar-refractivity contribution in [3.8, 4) is 0 Å². The summed E-state index contributed by atoms with van der Waals surface area (Å²) in [7, 11) is 0. The number of aliphatic hydroxyl groups excluding tert-OH is 1. The van der Waals surface area contributed by atoms with E-state index in [2.05, 4.69) is 4.98 Å². The number of nitrogens with one attached hydrogen (secondary N) is 1. The van der Waals surface area contributed by atoms with Crippen LogP contribution in [0, 0.1) is 19.3 Å². The summed E-state index contributed by atoms with van der Waals surface area (Å²) < 4.78 is 5.77. The van der Waals surface area contributed by atoms with E-state index in [-0.39, 0.29) is 23.5 Å². The van der Waals surface area contributed by atoms with Crippen molar-refractivity contribution in [1.29, 1.82) is 0 Å². The van der Waals surface area contributed by atoms with Crippen LogP contribution in [0.1, 0.15) is 47.9 Å². The van der Waals surface area contributed by atoms with E-state index < -0.39 is 0 Å². The Morgan fingerprint density at radius 1 is 1.45 bits per heavy atom. The number of rotatable bonds is 3. The average molecular weight is 306 g/mol. The minimum atomic E-state index is -0.282. The molecule has 1 aromatic heterocycles. The third-order valence-corrected chi connectivity index (χ3v) is 5.46. The number of carbonyl (C=O) groups excluding carboxylic acids is 1. The minimum absolute atomic E-state index is 0.0715. The van der Waals surface area contributed by atoms with Crippen LogP contribution in [-0.4, -0.2) is 52.8 Å². The highest BCUT2D eigenvalue weighted by atomic mass is 16.5. The van der Waals surface area contributed by atoms with Crippen molar-refractivity contribution in [2.45, 2.75) is 52.2 Å². The fourth-order valence-corrected chi connectivity index (χ4v) is 4.05. The standard InChI is InChI=1S/C17H26N2O3/c1-4-22-14-10-13(20)17(14)5-7-19(8-6-17)16(21)15-11(2)9-12(3)18-15/h9,13-14,18,20H,4-8,10H2,1-3H3/t13-,14+/m0/s1. The second-order valence-corrected chi connectivity index (χ2v) is 6.73. The fraction of sp³-hybridized carbons (Fsp3) is 0.706. The SMILES string of the molecule is CCO[C@@H]1C[C@H](O)C12CCN(C(=O)c1[nH]c(C)cc1C)CC2. The number of H-pyrrole nitrogens is 1. The third-order valence-electron chi connectivity index (χ3n) is 5.46. The Morgan fingerprint density at radius 3 is 2.64 bits per heavy atom. The molecule has 2 atom stereocenters. The van der Waals surface area contributed by atoms with E-state index >= 15 is 0 Å². The molecule has 122 valence electrons. The highest BCUT2D eigenvalue weighted by molar-refractivity contribution is 5.94. The van der Waals surface area contributed by atoms with Gasteiger partial charge in [-0.1, -0.05) is 0 Å². The molecule has 0 bridgehead atoms. The van der Waals surface area contributed by atoms with Gasteiger partial charge in [0.15, 0.2) is 0 Å². The van der Waals surface area contributed by atoms with E-state index in [1.165, 1.54) is 0 Å². The lowest BCUT2D eigenvalue weighted by Crippen LogP contribution is -2.62. The van der Waals surface area contributed by atoms with Gasteiger partial charge >= 0.3 is 0 Å². The van der Waals surface area contributed by atoms with E-state index in [0.29, 0.717) is 25.4 Å². The summed E-state index contributed by atoms with van der Waals surface area (Å²) in [4.78, 5) is 17.7. The number of hydrogen-bond acceptors (Lipinski definition) is 3. The first-order valence-electron chi connectivity index (χ1n) is 8.23. The normalized spacial score (nSPS) is 27.0. The zero-order valence-corrected chi connectivity index (χ0v) is 13.7. The van der Waals surface area contributed by atoms with Crippen molar-refractivity contribution in [2.24, 2.45) is 5.41 Å². The number of aliphatic hydroxyl groups is 1. The number of aromatic nitrogens is 1. The molecule has 0 aromatic carbocycles. The molecule has 22 heavy (non-hydrogen) atoms. The summed E-state index contributed by atoms with van der Waals surface area (Å²) in [6.07, 6.45) is 2.25. The molecule has 1 aliphatic carbocycles. The smallest absolute Gasteiger partial charge is 0.270 e. The molecule has 3 rings (SSSR count). The maximum atomic E-state index is 12.6. The average Bonchev–Trinajstić information content (AvgIpc) is 2.85. The number of piperidine rings is 1. The number of aromatic amines is 1. The van der Waals surface area contributed by atoms with Gasteiger partial charge in [0.25, 0.3) is 5.91 Å². The molecule has 1 saturated heterocycles. The summed E-state index contributed by atoms with van der Waals surface area (Å²) in [6.45, 7) is 7.99. The Bertz CT molecular complexity index is 556. The second-order valence-electron chi connectivity index (χ2n) is 6.73. The van der Waals surface area contributed by atoms with Crippen LogP contribution in [0.5, 0.6) is 0 Å². The largest absolute Gasteiger partial charge is 0.392 e. The second kappa shape index (κ2) is 5.70. The van der Waals surface area contributed by atoms with Crippen LogP contribution in [-0.2, 0) is 4.74 Å². The molecule has 1 spiro atoms. The number of carbonyl (C=O) groups is 1. The van der Waals surface area contributed by atoms with E-state index in [1.807, 2.05) is 31.7 Å². The molecule has 0 radical (unpaired) electrons. The third kappa shape index (κ3) is 2.36. The minimum Gasteiger partial charge on any atom is -0.392 e. The van der Waals surface area contributed by atoms with Crippen molar-refractivity contribution in [1.82, 2.24) is 9.88 Å². The lowest BCUT2D eigenvalue weighted by molar-refractivity contribution is -0.207. The number of ether oxygens (including phenoxy) is 1. The monoisotopic (exact) mass is 306 g/mol. The van der Waals surface area contributed by atoms with Gasteiger partial charge in [-0.2, -0.15) is 0 Å². The van der Waals surface area contributed by atoms with Gasteiger partial charge in [0.1, 0.15) is 5.69 Å². The van der Waals surface area contributed by atoms with Gasteiger partial charge in [-0.05, 0) is 45.2 Å². The molecule has 5 nitrogen and oxygen atoms in total. The molecular weight excluding hydrogens is 280 g/mol. The van der Waals surface area contributed by atoms with E-state index in [9.17, 15) is 9.90 Å². The van der Waals surface area contributed by atoms with Crippen LogP contribution in [0.25, 0.3) is 0 Å². The van der Waals surface area contributed by atoms with Crippen molar-refractivity contribution >= 4 is 5.91 Å². The Hall–Kier alpha value is -1.33. The Labute approximate surface area is 131 Å². The van der Waals surface area contributed by atoms with E-state index in [1.54, 1.807) is 0 Å². The van der Waals surface area contributed by atoms with Gasteiger partial charge < -0.3 is 19.7 Å². The van der Waals surface area contributed by atoms with Crippen molar-refractivity contribution < 1.29 is 14.6 Å². The topological polar surface area (TPSA) is 65.6 Å². The van der Waals surface area contributed by atoms with Gasteiger partial charge in [-0.25, -0.2) is 0 Å². The number of likely N-dealkylation sites (tertiary alicyclic amines) is 1. The molecule has 2 heterocycles. The maximum absolute atomic E-state index is 12.6. The number of amides is 1. The summed E-state index contributed by atoms with van der Waals surface area (Å²) >= 11 is 0. The zero-order valence-electron chi connectivity index (χ0n) is 13.7. The molecule has 2 N–H and O–H groups in total. The summed E-state index contributed by atoms with van der Waals surface area (Å²) in [5.41, 5.74) is 2.58. The summed E-state index contributed by atoms with van der Waals surface area (Å²) in [5.74, 6) is 0.0715. The van der Waals surface area contributed by atoms with Crippen LogP contribution in [0.3, 0.4) is 0 Å². The van der Waals surface area contributed by atoms with E-state index in [0.717, 1.165) is 30.5 Å². The van der Waals surface area contributed by atoms with Crippen LogP contribution in [0.15, 0.2) is 6.07 Å². The Balaban J connectivity index is 1.67. The lowest BCUT2D eigenvalue weighted by Gasteiger charge is -2.56. The predicted octanol–water partition coefficient (Wildman–Crippen LogP) is 2.02. The first kappa shape index (κ1) is 15.6. The van der Waals surface area contributed by atoms with Gasteiger partial charge in [-0.15, -0.1) is 0 Å². The number of nitrogens with zero attached hydrogens (tertiary/aromatic N) is 1. The molecule has 1 aliphatic heterocycles. The molecule has 2 aliphatic rings. The molecular formula is C17H26N2O3. The lowest BCUT2D eigenvalue weighted by atomic mass is 9.58. The van der Waals surface area contributed by atoms with Crippen LogP contribution in [0.4, 0.5) is 0 Å².